The summed E-state index contributed by atoms with van der Waals surface area (Å²) in [6.07, 6.45) is 0.924. The molecule has 0 aliphatic rings. The van der Waals surface area contributed by atoms with E-state index in [2.05, 4.69) is 15.2 Å². The Morgan fingerprint density at radius 1 is 1.56 bits per heavy atom. The van der Waals surface area contributed by atoms with Crippen LogP contribution in [-0.2, 0) is 0 Å². The molecule has 18 heavy (non-hydrogen) atoms. The zero-order chi connectivity index (χ0) is 13.5. The summed E-state index contributed by atoms with van der Waals surface area (Å²) < 4.78 is 0. The van der Waals surface area contributed by atoms with Crippen LogP contribution in [0.15, 0.2) is 12.1 Å². The van der Waals surface area contributed by atoms with Crippen molar-refractivity contribution in [2.45, 2.75) is 6.42 Å². The van der Waals surface area contributed by atoms with Crippen molar-refractivity contribution < 1.29 is 4.92 Å². The lowest BCUT2D eigenvalue weighted by Crippen LogP contribution is -2.16. The Hall–Kier alpha value is -2.20. The van der Waals surface area contributed by atoms with E-state index in [1.165, 1.54) is 12.1 Å². The lowest BCUT2D eigenvalue weighted by Gasteiger charge is -2.10. The maximum Gasteiger partial charge on any atom is 0.305 e. The predicted molar refractivity (Wildman–Crippen MR) is 67.3 cm³/mol. The van der Waals surface area contributed by atoms with E-state index < -0.39 is 4.92 Å². The van der Waals surface area contributed by atoms with Crippen LogP contribution >= 0.6 is 0 Å². The van der Waals surface area contributed by atoms with E-state index in [4.69, 9.17) is 5.26 Å². The molecule has 0 saturated carbocycles. The highest BCUT2D eigenvalue weighted by molar-refractivity contribution is 5.50. The van der Waals surface area contributed by atoms with Gasteiger partial charge in [-0.3, -0.25) is 10.1 Å². The summed E-state index contributed by atoms with van der Waals surface area (Å²) in [6, 6.07) is 4.53. The second-order valence-corrected chi connectivity index (χ2v) is 4.02. The van der Waals surface area contributed by atoms with Gasteiger partial charge in [0.05, 0.1) is 4.92 Å². The number of hydrogen-bond donors (Lipinski definition) is 1. The van der Waals surface area contributed by atoms with Gasteiger partial charge in [-0.25, -0.2) is 4.98 Å². The van der Waals surface area contributed by atoms with Gasteiger partial charge in [0, 0.05) is 12.6 Å². The van der Waals surface area contributed by atoms with Gasteiger partial charge in [0.25, 0.3) is 0 Å². The van der Waals surface area contributed by atoms with Crippen LogP contribution in [0.2, 0.25) is 0 Å². The number of aromatic nitrogens is 1. The van der Waals surface area contributed by atoms with E-state index >= 15 is 0 Å². The third kappa shape index (κ3) is 3.99. The molecule has 1 N–H and O–H groups in total. The Morgan fingerprint density at radius 2 is 2.28 bits per heavy atom. The molecular weight excluding hydrogens is 234 g/mol. The van der Waals surface area contributed by atoms with Crippen molar-refractivity contribution >= 4 is 11.5 Å². The SMILES string of the molecule is CN(C)CCCNc1ccc([N+](=O)[O-])c(C#N)n1. The van der Waals surface area contributed by atoms with Crippen LogP contribution in [0.4, 0.5) is 11.5 Å². The standard InChI is InChI=1S/C11H15N5O2/c1-15(2)7-3-6-13-11-5-4-10(16(17)18)9(8-12)14-11/h4-5H,3,6-7H2,1-2H3,(H,13,14). The Morgan fingerprint density at radius 3 is 2.83 bits per heavy atom. The molecule has 96 valence electrons. The number of nitriles is 1. The third-order valence-corrected chi connectivity index (χ3v) is 2.26. The number of anilines is 1. The Bertz CT molecular complexity index is 467. The summed E-state index contributed by atoms with van der Waals surface area (Å²) >= 11 is 0. The lowest BCUT2D eigenvalue weighted by molar-refractivity contribution is -0.385. The van der Waals surface area contributed by atoms with Gasteiger partial charge in [-0.15, -0.1) is 0 Å². The largest absolute Gasteiger partial charge is 0.370 e. The molecular formula is C11H15N5O2. The Kier molecular flexibility index (Phi) is 5.02. The fourth-order valence-corrected chi connectivity index (χ4v) is 1.39. The van der Waals surface area contributed by atoms with E-state index in [1.54, 1.807) is 6.07 Å². The highest BCUT2D eigenvalue weighted by Crippen LogP contribution is 2.17. The molecule has 1 heterocycles. The van der Waals surface area contributed by atoms with Gasteiger partial charge in [-0.1, -0.05) is 0 Å². The number of rotatable bonds is 6. The highest BCUT2D eigenvalue weighted by atomic mass is 16.6. The molecule has 0 aliphatic carbocycles. The minimum Gasteiger partial charge on any atom is -0.370 e. The predicted octanol–water partition coefficient (Wildman–Crippen LogP) is 1.23. The second-order valence-electron chi connectivity index (χ2n) is 4.02. The second kappa shape index (κ2) is 6.51. The first-order valence-electron chi connectivity index (χ1n) is 5.48. The molecule has 0 aromatic carbocycles. The van der Waals surface area contributed by atoms with Gasteiger partial charge in [0.1, 0.15) is 11.9 Å². The zero-order valence-electron chi connectivity index (χ0n) is 10.4. The molecule has 7 heteroatoms. The molecule has 7 nitrogen and oxygen atoms in total. The van der Waals surface area contributed by atoms with Crippen molar-refractivity contribution in [2.24, 2.45) is 0 Å². The molecule has 0 bridgehead atoms. The number of hydrogen-bond acceptors (Lipinski definition) is 6. The fraction of sp³-hybridized carbons (Fsp3) is 0.455. The number of nitrogens with zero attached hydrogens (tertiary/aromatic N) is 4. The van der Waals surface area contributed by atoms with Gasteiger partial charge in [-0.05, 0) is 33.1 Å². The van der Waals surface area contributed by atoms with E-state index in [9.17, 15) is 10.1 Å². The van der Waals surface area contributed by atoms with Gasteiger partial charge in [-0.2, -0.15) is 5.26 Å². The molecule has 0 aliphatic heterocycles. The van der Waals surface area contributed by atoms with Crippen LogP contribution in [0.3, 0.4) is 0 Å². The molecule has 0 amide bonds. The quantitative estimate of drug-likeness (QED) is 0.462. The average molecular weight is 249 g/mol. The number of pyridine rings is 1. The first kappa shape index (κ1) is 13.9. The fourth-order valence-electron chi connectivity index (χ4n) is 1.39. The van der Waals surface area contributed by atoms with Gasteiger partial charge in [0.15, 0.2) is 0 Å². The molecule has 0 unspecified atom stereocenters. The van der Waals surface area contributed by atoms with E-state index in [0.717, 1.165) is 13.0 Å². The van der Waals surface area contributed by atoms with Gasteiger partial charge >= 0.3 is 5.69 Å². The summed E-state index contributed by atoms with van der Waals surface area (Å²) in [4.78, 5) is 16.0. The highest BCUT2D eigenvalue weighted by Gasteiger charge is 2.15. The first-order valence-corrected chi connectivity index (χ1v) is 5.48. The van der Waals surface area contributed by atoms with Crippen molar-refractivity contribution in [3.05, 3.63) is 27.9 Å². The summed E-state index contributed by atoms with van der Waals surface area (Å²) in [6.45, 7) is 1.64. The summed E-state index contributed by atoms with van der Waals surface area (Å²) in [5.41, 5.74) is -0.436. The van der Waals surface area contributed by atoms with Crippen molar-refractivity contribution in [1.82, 2.24) is 9.88 Å². The van der Waals surface area contributed by atoms with Gasteiger partial charge < -0.3 is 10.2 Å². The van der Waals surface area contributed by atoms with Crippen LogP contribution in [-0.4, -0.2) is 42.0 Å². The minimum atomic E-state index is -0.610. The summed E-state index contributed by atoms with van der Waals surface area (Å²) in [5.74, 6) is 0.482. The van der Waals surface area contributed by atoms with Gasteiger partial charge in [0.2, 0.25) is 5.69 Å². The molecule has 0 fully saturated rings. The molecule has 1 aromatic heterocycles. The van der Waals surface area contributed by atoms with Crippen LogP contribution in [0.1, 0.15) is 12.1 Å². The van der Waals surface area contributed by atoms with Crippen molar-refractivity contribution in [1.29, 1.82) is 5.26 Å². The van der Waals surface area contributed by atoms with Crippen molar-refractivity contribution in [3.63, 3.8) is 0 Å². The summed E-state index contributed by atoms with van der Waals surface area (Å²) in [5, 5.41) is 22.4. The maximum atomic E-state index is 10.6. The Labute approximate surface area is 105 Å². The molecule has 1 aromatic rings. The number of nitrogens with one attached hydrogen (secondary N) is 1. The normalized spacial score (nSPS) is 10.1. The topological polar surface area (TPSA) is 95.1 Å². The average Bonchev–Trinajstić information content (AvgIpc) is 2.33. The molecule has 1 rings (SSSR count). The van der Waals surface area contributed by atoms with E-state index in [1.807, 2.05) is 14.1 Å². The van der Waals surface area contributed by atoms with E-state index in [-0.39, 0.29) is 11.4 Å². The third-order valence-electron chi connectivity index (χ3n) is 2.26. The molecule has 0 radical (unpaired) electrons. The van der Waals surface area contributed by atoms with Crippen molar-refractivity contribution in [3.8, 4) is 6.07 Å². The lowest BCUT2D eigenvalue weighted by atomic mass is 10.3. The van der Waals surface area contributed by atoms with E-state index in [0.29, 0.717) is 12.4 Å². The smallest absolute Gasteiger partial charge is 0.305 e. The van der Waals surface area contributed by atoms with Crippen LogP contribution in [0.25, 0.3) is 0 Å². The van der Waals surface area contributed by atoms with Crippen LogP contribution < -0.4 is 5.32 Å². The monoisotopic (exact) mass is 249 g/mol. The van der Waals surface area contributed by atoms with Crippen molar-refractivity contribution in [2.75, 3.05) is 32.5 Å². The molecule has 0 spiro atoms. The maximum absolute atomic E-state index is 10.6. The van der Waals surface area contributed by atoms with Crippen LogP contribution in [0.5, 0.6) is 0 Å². The first-order chi connectivity index (χ1) is 8.54. The molecule has 0 atom stereocenters. The van der Waals surface area contributed by atoms with Crippen LogP contribution in [0, 0.1) is 21.4 Å². The molecule has 0 saturated heterocycles. The number of nitro groups is 1. The minimum absolute atomic E-state index is 0.169. The summed E-state index contributed by atoms with van der Waals surface area (Å²) in [7, 11) is 3.97. The Balaban J connectivity index is 2.63. The zero-order valence-corrected chi connectivity index (χ0v) is 10.4.